The number of hydrogen-bond acceptors (Lipinski definition) is 2. The largest absolute Gasteiger partial charge is 0.463 e. The monoisotopic (exact) mass is 153 g/mol. The van der Waals surface area contributed by atoms with Gasteiger partial charge >= 0.3 is 5.97 Å². The fraction of sp³-hybridized carbons (Fsp3) is 0.500. The molecule has 1 radical (unpaired) electrons. The number of esters is 1. The first-order valence-electron chi connectivity index (χ1n) is 2.60. The summed E-state index contributed by atoms with van der Waals surface area (Å²) >= 11 is 0. The van der Waals surface area contributed by atoms with E-state index in [1.54, 1.807) is 0 Å². The van der Waals surface area contributed by atoms with Gasteiger partial charge in [-0.05, 0) is 6.42 Å². The van der Waals surface area contributed by atoms with Gasteiger partial charge in [0, 0.05) is 57.5 Å². The molecule has 0 bridgehead atoms. The van der Waals surface area contributed by atoms with Gasteiger partial charge in [0.2, 0.25) is 0 Å². The molecule has 0 aliphatic heterocycles. The predicted molar refractivity (Wildman–Crippen MR) is 37.2 cm³/mol. The second-order valence-corrected chi connectivity index (χ2v) is 1.37. The Kier molecular flexibility index (Phi) is 12.3. The second-order valence-electron chi connectivity index (χ2n) is 1.37. The summed E-state index contributed by atoms with van der Waals surface area (Å²) in [5, 5.41) is 0. The molecule has 0 N–H and O–H groups in total. The van der Waals surface area contributed by atoms with Crippen molar-refractivity contribution in [3.8, 4) is 0 Å². The average molecular weight is 153 g/mol. The van der Waals surface area contributed by atoms with Crippen molar-refractivity contribution in [3.63, 3.8) is 0 Å². The quantitative estimate of drug-likeness (QED) is 0.340. The summed E-state index contributed by atoms with van der Waals surface area (Å²) in [6.07, 6.45) is 2.02. The molecule has 47 valence electrons. The molecule has 9 heavy (non-hydrogen) atoms. The molecule has 0 atom stereocenters. The van der Waals surface area contributed by atoms with Crippen molar-refractivity contribution in [2.75, 3.05) is 6.61 Å². The van der Waals surface area contributed by atoms with Crippen LogP contribution in [0.15, 0.2) is 12.7 Å². The molecule has 0 amide bonds. The van der Waals surface area contributed by atoms with Gasteiger partial charge in [-0.2, -0.15) is 0 Å². The molecule has 3 heteroatoms. The zero-order chi connectivity index (χ0) is 6.41. The third kappa shape index (κ3) is 8.85. The molecule has 0 heterocycles. The number of carbonyl (C=O) groups is 1. The van der Waals surface area contributed by atoms with Crippen LogP contribution < -0.4 is 0 Å². The minimum absolute atomic E-state index is 0. The molecule has 2 nitrogen and oxygen atoms in total. The molecule has 0 aliphatic rings. The molecule has 0 aliphatic carbocycles. The molecule has 0 fully saturated rings. The summed E-state index contributed by atoms with van der Waals surface area (Å²) in [6.45, 7) is 5.67. The van der Waals surface area contributed by atoms with E-state index in [9.17, 15) is 4.79 Å². The average Bonchev–Trinajstić information content (AvgIpc) is 1.83. The first-order valence-corrected chi connectivity index (χ1v) is 2.60. The molecule has 0 unspecified atom stereocenters. The van der Waals surface area contributed by atoms with E-state index >= 15 is 0 Å². The maximum absolute atomic E-state index is 10.2. The molecule has 0 spiro atoms. The van der Waals surface area contributed by atoms with Crippen molar-refractivity contribution in [2.24, 2.45) is 0 Å². The molecule has 0 aromatic heterocycles. The molecule has 0 saturated heterocycles. The van der Waals surface area contributed by atoms with Gasteiger partial charge in [-0.3, -0.25) is 0 Å². The summed E-state index contributed by atoms with van der Waals surface area (Å²) < 4.78 is 4.58. The number of carbonyl (C=O) groups excluding carboxylic acids is 1. The van der Waals surface area contributed by atoms with Crippen LogP contribution in [0.5, 0.6) is 0 Å². The van der Waals surface area contributed by atoms with E-state index in [0.717, 1.165) is 12.5 Å². The van der Waals surface area contributed by atoms with Crippen molar-refractivity contribution in [1.82, 2.24) is 0 Å². The van der Waals surface area contributed by atoms with E-state index < -0.39 is 0 Å². The maximum atomic E-state index is 10.2. The summed E-state index contributed by atoms with van der Waals surface area (Å²) in [6, 6.07) is 0. The van der Waals surface area contributed by atoms with Crippen LogP contribution in [0.1, 0.15) is 13.3 Å². The van der Waals surface area contributed by atoms with Crippen molar-refractivity contribution in [2.45, 2.75) is 13.3 Å². The first-order chi connectivity index (χ1) is 3.81. The van der Waals surface area contributed by atoms with Crippen molar-refractivity contribution in [3.05, 3.63) is 12.7 Å². The van der Waals surface area contributed by atoms with Crippen LogP contribution in [0.25, 0.3) is 0 Å². The molecule has 0 saturated carbocycles. The fourth-order valence-electron chi connectivity index (χ4n) is 0.262. The van der Waals surface area contributed by atoms with E-state index in [4.69, 9.17) is 0 Å². The zero-order valence-electron chi connectivity index (χ0n) is 6.02. The first kappa shape index (κ1) is 12.5. The molecular formula is C6H10KO2. The molecule has 0 aromatic carbocycles. The Morgan fingerprint density at radius 3 is 2.67 bits per heavy atom. The standard InChI is InChI=1S/C6H10O2.K/c1-3-5-8-6(7)4-2;/h4H,2-3,5H2,1H3;. The van der Waals surface area contributed by atoms with E-state index in [0.29, 0.717) is 6.61 Å². The van der Waals surface area contributed by atoms with Crippen LogP contribution >= 0.6 is 0 Å². The van der Waals surface area contributed by atoms with Crippen molar-refractivity contribution < 1.29 is 9.53 Å². The van der Waals surface area contributed by atoms with Gasteiger partial charge in [-0.15, -0.1) is 0 Å². The van der Waals surface area contributed by atoms with E-state index in [-0.39, 0.29) is 57.4 Å². The summed E-state index contributed by atoms with van der Waals surface area (Å²) in [5.74, 6) is -0.341. The van der Waals surface area contributed by atoms with Crippen LogP contribution in [0.3, 0.4) is 0 Å². The Labute approximate surface area is 98.1 Å². The van der Waals surface area contributed by atoms with Gasteiger partial charge in [0.25, 0.3) is 0 Å². The van der Waals surface area contributed by atoms with Crippen molar-refractivity contribution in [1.29, 1.82) is 0 Å². The fourth-order valence-corrected chi connectivity index (χ4v) is 0.262. The van der Waals surface area contributed by atoms with Crippen LogP contribution in [0.4, 0.5) is 0 Å². The maximum Gasteiger partial charge on any atom is 0.330 e. The third-order valence-electron chi connectivity index (χ3n) is 0.615. The van der Waals surface area contributed by atoms with Gasteiger partial charge in [-0.25, -0.2) is 4.79 Å². The number of rotatable bonds is 3. The van der Waals surface area contributed by atoms with Crippen molar-refractivity contribution >= 4 is 57.4 Å². The smallest absolute Gasteiger partial charge is 0.330 e. The SMILES string of the molecule is C=CC(=O)OCCC.[K]. The number of ether oxygens (including phenoxy) is 1. The molecule has 0 rings (SSSR count). The van der Waals surface area contributed by atoms with Gasteiger partial charge < -0.3 is 4.74 Å². The van der Waals surface area contributed by atoms with Gasteiger partial charge in [0.15, 0.2) is 0 Å². The topological polar surface area (TPSA) is 26.3 Å². The van der Waals surface area contributed by atoms with Gasteiger partial charge in [-0.1, -0.05) is 13.5 Å². The van der Waals surface area contributed by atoms with E-state index in [2.05, 4.69) is 11.3 Å². The third-order valence-corrected chi connectivity index (χ3v) is 0.615. The molecule has 0 aromatic rings. The Bertz CT molecular complexity index is 91.1. The van der Waals surface area contributed by atoms with Gasteiger partial charge in [0.1, 0.15) is 0 Å². The van der Waals surface area contributed by atoms with E-state index in [1.807, 2.05) is 6.92 Å². The second kappa shape index (κ2) is 8.85. The minimum atomic E-state index is -0.341. The Hall–Kier alpha value is 0.846. The summed E-state index contributed by atoms with van der Waals surface area (Å²) in [4.78, 5) is 10.2. The Morgan fingerprint density at radius 2 is 2.33 bits per heavy atom. The van der Waals surface area contributed by atoms with Crippen LogP contribution in [-0.4, -0.2) is 64.0 Å². The minimum Gasteiger partial charge on any atom is -0.463 e. The number of hydrogen-bond donors (Lipinski definition) is 0. The summed E-state index contributed by atoms with van der Waals surface area (Å²) in [7, 11) is 0. The van der Waals surface area contributed by atoms with E-state index in [1.165, 1.54) is 0 Å². The normalized spacial score (nSPS) is 7.22. The van der Waals surface area contributed by atoms with Crippen LogP contribution in [0.2, 0.25) is 0 Å². The Morgan fingerprint density at radius 1 is 1.78 bits per heavy atom. The Balaban J connectivity index is 0. The molecular weight excluding hydrogens is 143 g/mol. The van der Waals surface area contributed by atoms with Gasteiger partial charge in [0.05, 0.1) is 6.61 Å². The van der Waals surface area contributed by atoms with Crippen LogP contribution in [-0.2, 0) is 9.53 Å². The predicted octanol–water partition coefficient (Wildman–Crippen LogP) is 0.745. The van der Waals surface area contributed by atoms with Crippen LogP contribution in [0, 0.1) is 0 Å². The zero-order valence-corrected chi connectivity index (χ0v) is 9.14. The summed E-state index contributed by atoms with van der Waals surface area (Å²) in [5.41, 5.74) is 0.